The third-order valence-corrected chi connectivity index (χ3v) is 3.04. The molecule has 0 bridgehead atoms. The van der Waals surface area contributed by atoms with E-state index >= 15 is 0 Å². The molecule has 0 amide bonds. The van der Waals surface area contributed by atoms with Gasteiger partial charge in [0.2, 0.25) is 0 Å². The first-order chi connectivity index (χ1) is 10.4. The van der Waals surface area contributed by atoms with Gasteiger partial charge in [-0.2, -0.15) is 0 Å². The van der Waals surface area contributed by atoms with Crippen LogP contribution in [0.15, 0.2) is 54.6 Å². The summed E-state index contributed by atoms with van der Waals surface area (Å²) < 4.78 is 11.5. The average Bonchev–Trinajstić information content (AvgIpc) is 2.52. The van der Waals surface area contributed by atoms with E-state index in [9.17, 15) is 0 Å². The summed E-state index contributed by atoms with van der Waals surface area (Å²) in [7, 11) is 0. The van der Waals surface area contributed by atoms with Crippen molar-refractivity contribution < 1.29 is 9.47 Å². The number of unbranched alkanes of at least 4 members (excludes halogenated alkanes) is 1. The third-order valence-electron chi connectivity index (χ3n) is 3.04. The van der Waals surface area contributed by atoms with E-state index in [0.717, 1.165) is 30.3 Å². The van der Waals surface area contributed by atoms with Crippen LogP contribution < -0.4 is 14.8 Å². The summed E-state index contributed by atoms with van der Waals surface area (Å²) in [4.78, 5) is 0. The Labute approximate surface area is 126 Å². The number of ether oxygens (including phenoxy) is 2. The molecule has 0 saturated carbocycles. The van der Waals surface area contributed by atoms with Gasteiger partial charge < -0.3 is 14.8 Å². The first kappa shape index (κ1) is 15.4. The van der Waals surface area contributed by atoms with Crippen LogP contribution in [0.5, 0.6) is 17.2 Å². The summed E-state index contributed by atoms with van der Waals surface area (Å²) in [6, 6.07) is 17.5. The quantitative estimate of drug-likeness (QED) is 0.699. The lowest BCUT2D eigenvalue weighted by atomic mass is 10.3. The topological polar surface area (TPSA) is 30.5 Å². The Balaban J connectivity index is 1.78. The molecule has 0 unspecified atom stereocenters. The summed E-state index contributed by atoms with van der Waals surface area (Å²) in [5.41, 5.74) is 0. The van der Waals surface area contributed by atoms with Crippen molar-refractivity contribution in [3.8, 4) is 17.2 Å². The molecule has 0 saturated heterocycles. The Hall–Kier alpha value is -2.00. The van der Waals surface area contributed by atoms with Crippen LogP contribution in [0.25, 0.3) is 0 Å². The second-order valence-electron chi connectivity index (χ2n) is 4.84. The number of hydrogen-bond acceptors (Lipinski definition) is 3. The van der Waals surface area contributed by atoms with Gasteiger partial charge in [-0.25, -0.2) is 0 Å². The van der Waals surface area contributed by atoms with E-state index < -0.39 is 0 Å². The van der Waals surface area contributed by atoms with Gasteiger partial charge >= 0.3 is 0 Å². The van der Waals surface area contributed by atoms with Gasteiger partial charge in [-0.15, -0.1) is 0 Å². The highest BCUT2D eigenvalue weighted by Crippen LogP contribution is 2.24. The maximum absolute atomic E-state index is 5.78. The molecule has 2 aromatic carbocycles. The van der Waals surface area contributed by atoms with Crippen LogP contribution in [0, 0.1) is 0 Å². The Morgan fingerprint density at radius 1 is 0.857 bits per heavy atom. The van der Waals surface area contributed by atoms with E-state index in [-0.39, 0.29) is 0 Å². The third kappa shape index (κ3) is 5.88. The molecule has 2 aromatic rings. The van der Waals surface area contributed by atoms with E-state index in [2.05, 4.69) is 12.2 Å². The molecular formula is C18H23NO2. The van der Waals surface area contributed by atoms with Gasteiger partial charge in [-0.3, -0.25) is 0 Å². The second kappa shape index (κ2) is 9.03. The van der Waals surface area contributed by atoms with Crippen LogP contribution in [0.2, 0.25) is 0 Å². The van der Waals surface area contributed by atoms with Crippen molar-refractivity contribution in [2.24, 2.45) is 0 Å². The maximum Gasteiger partial charge on any atom is 0.131 e. The molecule has 112 valence electrons. The summed E-state index contributed by atoms with van der Waals surface area (Å²) >= 11 is 0. The summed E-state index contributed by atoms with van der Waals surface area (Å²) in [6.07, 6.45) is 2.42. The number of rotatable bonds is 9. The van der Waals surface area contributed by atoms with Crippen molar-refractivity contribution in [2.45, 2.75) is 19.8 Å². The lowest BCUT2D eigenvalue weighted by Gasteiger charge is -2.10. The van der Waals surface area contributed by atoms with Crippen molar-refractivity contribution >= 4 is 0 Å². The Kier molecular flexibility index (Phi) is 6.62. The molecule has 0 heterocycles. The zero-order chi connectivity index (χ0) is 14.8. The lowest BCUT2D eigenvalue weighted by Crippen LogP contribution is -2.21. The van der Waals surface area contributed by atoms with Crippen LogP contribution in [-0.2, 0) is 0 Å². The fourth-order valence-electron chi connectivity index (χ4n) is 1.92. The van der Waals surface area contributed by atoms with E-state index in [1.807, 2.05) is 54.6 Å². The molecule has 3 nitrogen and oxygen atoms in total. The number of hydrogen-bond donors (Lipinski definition) is 1. The van der Waals surface area contributed by atoms with Gasteiger partial charge in [0, 0.05) is 12.6 Å². The first-order valence-electron chi connectivity index (χ1n) is 7.55. The van der Waals surface area contributed by atoms with E-state index in [4.69, 9.17) is 9.47 Å². The zero-order valence-corrected chi connectivity index (χ0v) is 12.5. The monoisotopic (exact) mass is 285 g/mol. The first-order valence-corrected chi connectivity index (χ1v) is 7.55. The van der Waals surface area contributed by atoms with Gasteiger partial charge in [0.1, 0.15) is 23.9 Å². The standard InChI is InChI=1S/C18H23NO2/c1-2-3-12-19-13-14-20-17-10-7-11-18(15-17)21-16-8-5-4-6-9-16/h4-11,15,19H,2-3,12-14H2,1H3. The molecule has 0 aliphatic carbocycles. The van der Waals surface area contributed by atoms with Gasteiger partial charge in [0.25, 0.3) is 0 Å². The van der Waals surface area contributed by atoms with Gasteiger partial charge in [-0.05, 0) is 37.2 Å². The van der Waals surface area contributed by atoms with Crippen LogP contribution in [0.3, 0.4) is 0 Å². The number of nitrogens with one attached hydrogen (secondary N) is 1. The SMILES string of the molecule is CCCCNCCOc1cccc(Oc2ccccc2)c1. The molecule has 0 spiro atoms. The molecule has 0 aliphatic rings. The Morgan fingerprint density at radius 3 is 2.43 bits per heavy atom. The predicted octanol–water partition coefficient (Wildman–Crippen LogP) is 4.25. The Morgan fingerprint density at radius 2 is 1.62 bits per heavy atom. The molecule has 2 rings (SSSR count). The zero-order valence-electron chi connectivity index (χ0n) is 12.5. The highest BCUT2D eigenvalue weighted by molar-refractivity contribution is 5.36. The van der Waals surface area contributed by atoms with Crippen LogP contribution >= 0.6 is 0 Å². The fraction of sp³-hybridized carbons (Fsp3) is 0.333. The minimum atomic E-state index is 0.665. The van der Waals surface area contributed by atoms with Crippen molar-refractivity contribution in [1.29, 1.82) is 0 Å². The Bertz CT molecular complexity index is 514. The van der Waals surface area contributed by atoms with Crippen molar-refractivity contribution in [3.05, 3.63) is 54.6 Å². The smallest absolute Gasteiger partial charge is 0.131 e. The maximum atomic E-state index is 5.78. The minimum Gasteiger partial charge on any atom is -0.492 e. The van der Waals surface area contributed by atoms with Crippen LogP contribution in [0.1, 0.15) is 19.8 Å². The van der Waals surface area contributed by atoms with E-state index in [1.54, 1.807) is 0 Å². The highest BCUT2D eigenvalue weighted by Gasteiger charge is 1.99. The fourth-order valence-corrected chi connectivity index (χ4v) is 1.92. The predicted molar refractivity (Wildman–Crippen MR) is 86.2 cm³/mol. The molecule has 0 aromatic heterocycles. The lowest BCUT2D eigenvalue weighted by molar-refractivity contribution is 0.312. The number of benzene rings is 2. The van der Waals surface area contributed by atoms with E-state index in [1.165, 1.54) is 12.8 Å². The second-order valence-corrected chi connectivity index (χ2v) is 4.84. The number of para-hydroxylation sites is 1. The molecule has 3 heteroatoms. The molecule has 0 radical (unpaired) electrons. The van der Waals surface area contributed by atoms with Crippen LogP contribution in [-0.4, -0.2) is 19.7 Å². The van der Waals surface area contributed by atoms with Crippen molar-refractivity contribution in [3.63, 3.8) is 0 Å². The minimum absolute atomic E-state index is 0.665. The summed E-state index contributed by atoms with van der Waals surface area (Å²) in [6.45, 7) is 4.77. The molecular weight excluding hydrogens is 262 g/mol. The molecule has 0 aliphatic heterocycles. The largest absolute Gasteiger partial charge is 0.492 e. The van der Waals surface area contributed by atoms with Crippen molar-refractivity contribution in [2.75, 3.05) is 19.7 Å². The van der Waals surface area contributed by atoms with E-state index in [0.29, 0.717) is 6.61 Å². The molecule has 0 atom stereocenters. The van der Waals surface area contributed by atoms with Crippen molar-refractivity contribution in [1.82, 2.24) is 5.32 Å². The molecule has 0 fully saturated rings. The van der Waals surface area contributed by atoms with Gasteiger partial charge in [0.15, 0.2) is 0 Å². The normalized spacial score (nSPS) is 10.3. The molecule has 1 N–H and O–H groups in total. The average molecular weight is 285 g/mol. The van der Waals surface area contributed by atoms with Gasteiger partial charge in [-0.1, -0.05) is 37.6 Å². The van der Waals surface area contributed by atoms with Crippen LogP contribution in [0.4, 0.5) is 0 Å². The summed E-state index contributed by atoms with van der Waals surface area (Å²) in [5, 5.41) is 3.35. The van der Waals surface area contributed by atoms with Gasteiger partial charge in [0.05, 0.1) is 0 Å². The highest BCUT2D eigenvalue weighted by atomic mass is 16.5. The molecule has 21 heavy (non-hydrogen) atoms. The summed E-state index contributed by atoms with van der Waals surface area (Å²) in [5.74, 6) is 2.45.